The van der Waals surface area contributed by atoms with Crippen molar-refractivity contribution in [3.05, 3.63) is 53.4 Å². The van der Waals surface area contributed by atoms with Crippen LogP contribution < -0.4 is 24.8 Å². The normalized spacial score (nSPS) is 11.3. The summed E-state index contributed by atoms with van der Waals surface area (Å²) in [5, 5.41) is 9.59. The molecule has 14 heteroatoms. The van der Waals surface area contributed by atoms with Crippen LogP contribution in [0.5, 0.6) is 23.0 Å². The highest BCUT2D eigenvalue weighted by molar-refractivity contribution is 7.15. The van der Waals surface area contributed by atoms with Gasteiger partial charge in [0, 0.05) is 29.4 Å². The number of nitrogens with zero attached hydrogens (tertiary/aromatic N) is 3. The number of aromatic nitrogens is 3. The predicted molar refractivity (Wildman–Crippen MR) is 119 cm³/mol. The van der Waals surface area contributed by atoms with E-state index in [0.717, 1.165) is 6.07 Å². The van der Waals surface area contributed by atoms with E-state index in [-0.39, 0.29) is 27.9 Å². The fraction of sp³-hybridized carbons (Fsp3) is 0.143. The van der Waals surface area contributed by atoms with Gasteiger partial charge in [-0.05, 0) is 24.3 Å². The van der Waals surface area contributed by atoms with Crippen molar-refractivity contribution in [3.63, 3.8) is 0 Å². The molecular weight excluding hydrogens is 494 g/mol. The first kappa shape index (κ1) is 23.9. The summed E-state index contributed by atoms with van der Waals surface area (Å²) in [5.41, 5.74) is 0.555. The van der Waals surface area contributed by atoms with Crippen molar-refractivity contribution in [2.24, 2.45) is 0 Å². The zero-order chi connectivity index (χ0) is 25.2. The highest BCUT2D eigenvalue weighted by atomic mass is 32.1. The molecule has 2 amide bonds. The van der Waals surface area contributed by atoms with E-state index in [9.17, 15) is 22.4 Å². The SMILES string of the molecule is COc1cc2nccc(Oc3ccc(NC(=O)Nc4nnc(C(F)(F)F)s4)cc3F)c2cc1OC. The number of carbonyl (C=O) groups excluding carboxylic acids is 1. The van der Waals surface area contributed by atoms with Crippen LogP contribution >= 0.6 is 11.3 Å². The number of urea groups is 1. The molecular formula is C21H15F4N5O4S. The molecule has 0 aliphatic heterocycles. The first-order valence-corrected chi connectivity index (χ1v) is 10.5. The maximum atomic E-state index is 14.7. The standard InChI is InChI=1S/C21H15F4N5O4S/c1-32-16-8-11-13(9-17(16)33-2)26-6-5-14(11)34-15-4-3-10(7-12(15)22)27-19(31)28-20-30-29-18(35-20)21(23,24)25/h3-9H,1-2H3,(H2,27,28,30,31). The average Bonchev–Trinajstić information content (AvgIpc) is 3.29. The number of pyridine rings is 1. The molecule has 0 fully saturated rings. The molecule has 0 radical (unpaired) electrons. The largest absolute Gasteiger partial charge is 0.493 e. The molecule has 2 aromatic carbocycles. The lowest BCUT2D eigenvalue weighted by Gasteiger charge is -2.13. The topological polar surface area (TPSA) is 107 Å². The molecule has 0 unspecified atom stereocenters. The smallest absolute Gasteiger partial charge is 0.445 e. The van der Waals surface area contributed by atoms with Crippen molar-refractivity contribution in [3.8, 4) is 23.0 Å². The summed E-state index contributed by atoms with van der Waals surface area (Å²) >= 11 is 0.156. The summed E-state index contributed by atoms with van der Waals surface area (Å²) in [6.45, 7) is 0. The van der Waals surface area contributed by atoms with Gasteiger partial charge >= 0.3 is 12.2 Å². The molecule has 2 aromatic heterocycles. The maximum Gasteiger partial charge on any atom is 0.445 e. The Hall–Kier alpha value is -4.20. The Labute approximate surface area is 198 Å². The molecule has 4 aromatic rings. The summed E-state index contributed by atoms with van der Waals surface area (Å²) < 4.78 is 68.8. The predicted octanol–water partition coefficient (Wildman–Crippen LogP) is 5.70. The van der Waals surface area contributed by atoms with Crippen molar-refractivity contribution in [2.45, 2.75) is 6.18 Å². The van der Waals surface area contributed by atoms with Gasteiger partial charge in [0.05, 0.1) is 19.7 Å². The van der Waals surface area contributed by atoms with Gasteiger partial charge in [0.1, 0.15) is 5.75 Å². The summed E-state index contributed by atoms with van der Waals surface area (Å²) in [6, 6.07) is 7.54. The van der Waals surface area contributed by atoms with Crippen LogP contribution in [0.3, 0.4) is 0 Å². The Bertz CT molecular complexity index is 1400. The summed E-state index contributed by atoms with van der Waals surface area (Å²) in [5.74, 6) is 0.250. The van der Waals surface area contributed by atoms with Crippen LogP contribution in [0, 0.1) is 5.82 Å². The monoisotopic (exact) mass is 509 g/mol. The fourth-order valence-corrected chi connectivity index (χ4v) is 3.57. The first-order valence-electron chi connectivity index (χ1n) is 9.65. The van der Waals surface area contributed by atoms with E-state index in [1.54, 1.807) is 18.2 Å². The number of amides is 2. The molecule has 0 aliphatic rings. The second-order valence-corrected chi connectivity index (χ2v) is 7.75. The van der Waals surface area contributed by atoms with Gasteiger partial charge in [-0.2, -0.15) is 13.2 Å². The lowest BCUT2D eigenvalue weighted by molar-refractivity contribution is -0.138. The van der Waals surface area contributed by atoms with E-state index < -0.39 is 23.0 Å². The molecule has 0 saturated heterocycles. The van der Waals surface area contributed by atoms with E-state index in [0.29, 0.717) is 28.2 Å². The van der Waals surface area contributed by atoms with Gasteiger partial charge in [-0.3, -0.25) is 10.3 Å². The number of carbonyl (C=O) groups is 1. The molecule has 2 N–H and O–H groups in total. The third-order valence-electron chi connectivity index (χ3n) is 4.50. The van der Waals surface area contributed by atoms with Crippen molar-refractivity contribution < 1.29 is 36.6 Å². The van der Waals surface area contributed by atoms with Crippen LogP contribution in [0.1, 0.15) is 5.01 Å². The molecule has 0 spiro atoms. The first-order chi connectivity index (χ1) is 16.7. The van der Waals surface area contributed by atoms with Gasteiger partial charge < -0.3 is 19.5 Å². The number of alkyl halides is 3. The highest BCUT2D eigenvalue weighted by Crippen LogP contribution is 2.37. The van der Waals surface area contributed by atoms with E-state index in [4.69, 9.17) is 14.2 Å². The lowest BCUT2D eigenvalue weighted by Crippen LogP contribution is -2.19. The highest BCUT2D eigenvalue weighted by Gasteiger charge is 2.35. The molecule has 4 rings (SSSR count). The Morgan fingerprint density at radius 1 is 0.943 bits per heavy atom. The third-order valence-corrected chi connectivity index (χ3v) is 5.39. The number of nitrogens with one attached hydrogen (secondary N) is 2. The van der Waals surface area contributed by atoms with Crippen molar-refractivity contribution in [2.75, 3.05) is 24.9 Å². The summed E-state index contributed by atoms with van der Waals surface area (Å²) in [7, 11) is 2.96. The average molecular weight is 509 g/mol. The van der Waals surface area contributed by atoms with Crippen molar-refractivity contribution in [1.29, 1.82) is 0 Å². The number of hydrogen-bond acceptors (Lipinski definition) is 8. The summed E-state index contributed by atoms with van der Waals surface area (Å²) in [6.07, 6.45) is -3.19. The van der Waals surface area contributed by atoms with Gasteiger partial charge in [-0.1, -0.05) is 11.3 Å². The number of ether oxygens (including phenoxy) is 3. The molecule has 0 saturated carbocycles. The summed E-state index contributed by atoms with van der Waals surface area (Å²) in [4.78, 5) is 16.3. The molecule has 9 nitrogen and oxygen atoms in total. The van der Waals surface area contributed by atoms with E-state index in [2.05, 4.69) is 25.8 Å². The Balaban J connectivity index is 1.49. The maximum absolute atomic E-state index is 14.7. The van der Waals surface area contributed by atoms with Gasteiger partial charge in [-0.25, -0.2) is 9.18 Å². The number of hydrogen-bond donors (Lipinski definition) is 2. The zero-order valence-electron chi connectivity index (χ0n) is 17.9. The number of benzene rings is 2. The number of methoxy groups -OCH3 is 2. The molecule has 182 valence electrons. The lowest BCUT2D eigenvalue weighted by atomic mass is 10.2. The Morgan fingerprint density at radius 2 is 1.69 bits per heavy atom. The molecule has 2 heterocycles. The van der Waals surface area contributed by atoms with Crippen LogP contribution in [0.4, 0.5) is 33.2 Å². The second-order valence-electron chi connectivity index (χ2n) is 6.77. The minimum Gasteiger partial charge on any atom is -0.493 e. The van der Waals surface area contributed by atoms with Gasteiger partial charge in [0.2, 0.25) is 10.1 Å². The number of rotatable bonds is 6. The molecule has 0 atom stereocenters. The van der Waals surface area contributed by atoms with E-state index >= 15 is 0 Å². The van der Waals surface area contributed by atoms with Crippen LogP contribution in [-0.4, -0.2) is 35.4 Å². The molecule has 0 bridgehead atoms. The minimum absolute atomic E-state index is 0.0268. The third kappa shape index (κ3) is 5.32. The van der Waals surface area contributed by atoms with Gasteiger partial charge in [0.25, 0.3) is 0 Å². The Morgan fingerprint density at radius 3 is 2.34 bits per heavy atom. The van der Waals surface area contributed by atoms with Crippen LogP contribution in [0.15, 0.2) is 42.6 Å². The van der Waals surface area contributed by atoms with E-state index in [1.807, 2.05) is 0 Å². The van der Waals surface area contributed by atoms with Crippen LogP contribution in [0.2, 0.25) is 0 Å². The van der Waals surface area contributed by atoms with Crippen LogP contribution in [-0.2, 0) is 6.18 Å². The van der Waals surface area contributed by atoms with Crippen molar-refractivity contribution in [1.82, 2.24) is 15.2 Å². The van der Waals surface area contributed by atoms with Gasteiger partial charge in [0.15, 0.2) is 23.1 Å². The molecule has 35 heavy (non-hydrogen) atoms. The van der Waals surface area contributed by atoms with E-state index in [1.165, 1.54) is 32.5 Å². The van der Waals surface area contributed by atoms with Crippen LogP contribution in [0.25, 0.3) is 10.9 Å². The van der Waals surface area contributed by atoms with Crippen molar-refractivity contribution >= 4 is 39.1 Å². The quantitative estimate of drug-likeness (QED) is 0.321. The van der Waals surface area contributed by atoms with Gasteiger partial charge in [-0.15, -0.1) is 10.2 Å². The fourth-order valence-electron chi connectivity index (χ4n) is 2.96. The number of fused-ring (bicyclic) bond motifs is 1. The number of anilines is 2. The number of halogens is 4. The zero-order valence-corrected chi connectivity index (χ0v) is 18.8. The minimum atomic E-state index is -4.68. The second kappa shape index (κ2) is 9.58. The Kier molecular flexibility index (Phi) is 6.55. The molecule has 0 aliphatic carbocycles.